The summed E-state index contributed by atoms with van der Waals surface area (Å²) in [7, 11) is 0. The van der Waals surface area contributed by atoms with E-state index in [4.69, 9.17) is 16.3 Å². The molecule has 0 spiro atoms. The Balaban J connectivity index is 2.11. The highest BCUT2D eigenvalue weighted by Crippen LogP contribution is 2.21. The number of aromatic nitrogens is 1. The van der Waals surface area contributed by atoms with E-state index in [0.717, 1.165) is 18.5 Å². The van der Waals surface area contributed by atoms with Gasteiger partial charge in [-0.25, -0.2) is 4.98 Å². The summed E-state index contributed by atoms with van der Waals surface area (Å²) in [5.74, 6) is -0.105. The maximum Gasteiger partial charge on any atom is 0.251 e. The van der Waals surface area contributed by atoms with Crippen LogP contribution in [0.1, 0.15) is 35.8 Å². The SMILES string of the molecule is Cc1cc(C(=O)NC2(C)CCOCC2)cc(Cl)n1. The first-order chi connectivity index (χ1) is 8.48. The summed E-state index contributed by atoms with van der Waals surface area (Å²) in [4.78, 5) is 16.2. The lowest BCUT2D eigenvalue weighted by molar-refractivity contribution is 0.0423. The van der Waals surface area contributed by atoms with Gasteiger partial charge in [-0.2, -0.15) is 0 Å². The molecule has 0 radical (unpaired) electrons. The van der Waals surface area contributed by atoms with Crippen LogP contribution in [-0.4, -0.2) is 29.6 Å². The van der Waals surface area contributed by atoms with Crippen LogP contribution in [0.4, 0.5) is 0 Å². The number of nitrogens with one attached hydrogen (secondary N) is 1. The van der Waals surface area contributed by atoms with Gasteiger partial charge in [0.25, 0.3) is 5.91 Å². The summed E-state index contributed by atoms with van der Waals surface area (Å²) in [6.45, 7) is 5.24. The van der Waals surface area contributed by atoms with Gasteiger partial charge >= 0.3 is 0 Å². The molecule has 98 valence electrons. The van der Waals surface area contributed by atoms with Crippen molar-refractivity contribution in [3.05, 3.63) is 28.5 Å². The van der Waals surface area contributed by atoms with Crippen molar-refractivity contribution in [1.29, 1.82) is 0 Å². The lowest BCUT2D eigenvalue weighted by atomic mass is 9.92. The van der Waals surface area contributed by atoms with Crippen LogP contribution in [0.25, 0.3) is 0 Å². The quantitative estimate of drug-likeness (QED) is 0.838. The van der Waals surface area contributed by atoms with Crippen molar-refractivity contribution in [2.75, 3.05) is 13.2 Å². The van der Waals surface area contributed by atoms with Gasteiger partial charge in [-0.15, -0.1) is 0 Å². The van der Waals surface area contributed by atoms with Gasteiger partial charge in [0.2, 0.25) is 0 Å². The molecule has 4 nitrogen and oxygen atoms in total. The molecule has 0 atom stereocenters. The number of pyridine rings is 1. The number of aryl methyl sites for hydroxylation is 1. The number of rotatable bonds is 2. The van der Waals surface area contributed by atoms with Crippen molar-refractivity contribution in [2.45, 2.75) is 32.2 Å². The molecular formula is C13H17ClN2O2. The lowest BCUT2D eigenvalue weighted by Crippen LogP contribution is -2.49. The van der Waals surface area contributed by atoms with Crippen LogP contribution in [0.5, 0.6) is 0 Å². The molecule has 0 unspecified atom stereocenters. The van der Waals surface area contributed by atoms with Gasteiger partial charge in [0.15, 0.2) is 0 Å². The molecule has 1 aliphatic heterocycles. The fraction of sp³-hybridized carbons (Fsp3) is 0.538. The molecule has 0 saturated carbocycles. The second kappa shape index (κ2) is 5.24. The third-order valence-corrected chi connectivity index (χ3v) is 3.39. The van der Waals surface area contributed by atoms with E-state index < -0.39 is 0 Å². The lowest BCUT2D eigenvalue weighted by Gasteiger charge is -2.34. The summed E-state index contributed by atoms with van der Waals surface area (Å²) < 4.78 is 5.31. The Morgan fingerprint density at radius 1 is 1.44 bits per heavy atom. The van der Waals surface area contributed by atoms with Gasteiger partial charge in [-0.3, -0.25) is 4.79 Å². The highest BCUT2D eigenvalue weighted by atomic mass is 35.5. The topological polar surface area (TPSA) is 51.2 Å². The van der Waals surface area contributed by atoms with E-state index in [9.17, 15) is 4.79 Å². The van der Waals surface area contributed by atoms with Crippen LogP contribution >= 0.6 is 11.6 Å². The minimum Gasteiger partial charge on any atom is -0.381 e. The summed E-state index contributed by atoms with van der Waals surface area (Å²) in [6.07, 6.45) is 1.66. The number of ether oxygens (including phenoxy) is 1. The van der Waals surface area contributed by atoms with E-state index >= 15 is 0 Å². The number of halogens is 1. The largest absolute Gasteiger partial charge is 0.381 e. The standard InChI is InChI=1S/C13H17ClN2O2/c1-9-7-10(8-11(14)15-9)12(17)16-13(2)3-5-18-6-4-13/h7-8H,3-6H2,1-2H3,(H,16,17). The van der Waals surface area contributed by atoms with E-state index in [1.165, 1.54) is 0 Å². The van der Waals surface area contributed by atoms with Gasteiger partial charge in [0.1, 0.15) is 5.15 Å². The van der Waals surface area contributed by atoms with Crippen molar-refractivity contribution in [2.24, 2.45) is 0 Å². The van der Waals surface area contributed by atoms with Crippen LogP contribution in [0, 0.1) is 6.92 Å². The molecule has 5 heteroatoms. The zero-order valence-corrected chi connectivity index (χ0v) is 11.4. The Morgan fingerprint density at radius 3 is 2.72 bits per heavy atom. The molecule has 1 fully saturated rings. The smallest absolute Gasteiger partial charge is 0.251 e. The van der Waals surface area contributed by atoms with Gasteiger partial charge < -0.3 is 10.1 Å². The van der Waals surface area contributed by atoms with Gasteiger partial charge in [0.05, 0.1) is 0 Å². The second-order valence-electron chi connectivity index (χ2n) is 4.95. The minimum absolute atomic E-state index is 0.105. The van der Waals surface area contributed by atoms with Crippen molar-refractivity contribution in [1.82, 2.24) is 10.3 Å². The first kappa shape index (κ1) is 13.3. The Kier molecular flexibility index (Phi) is 3.88. The Morgan fingerprint density at radius 2 is 2.11 bits per heavy atom. The molecule has 0 aromatic carbocycles. The maximum atomic E-state index is 12.2. The van der Waals surface area contributed by atoms with E-state index in [1.807, 2.05) is 13.8 Å². The van der Waals surface area contributed by atoms with Crippen LogP contribution in [0.3, 0.4) is 0 Å². The summed E-state index contributed by atoms with van der Waals surface area (Å²) >= 11 is 5.86. The Labute approximate surface area is 112 Å². The molecule has 1 aromatic heterocycles. The van der Waals surface area contributed by atoms with Crippen molar-refractivity contribution >= 4 is 17.5 Å². The molecule has 18 heavy (non-hydrogen) atoms. The monoisotopic (exact) mass is 268 g/mol. The molecule has 1 N–H and O–H groups in total. The van der Waals surface area contributed by atoms with Gasteiger partial charge in [-0.1, -0.05) is 11.6 Å². The summed E-state index contributed by atoms with van der Waals surface area (Å²) in [6, 6.07) is 3.33. The van der Waals surface area contributed by atoms with Crippen LogP contribution < -0.4 is 5.32 Å². The predicted molar refractivity (Wildman–Crippen MR) is 69.9 cm³/mol. The number of carbonyl (C=O) groups excluding carboxylic acids is 1. The summed E-state index contributed by atoms with van der Waals surface area (Å²) in [5.41, 5.74) is 1.10. The molecule has 1 saturated heterocycles. The zero-order valence-electron chi connectivity index (χ0n) is 10.6. The molecule has 0 aliphatic carbocycles. The number of amides is 1. The number of nitrogens with zero attached hydrogens (tertiary/aromatic N) is 1. The number of hydrogen-bond acceptors (Lipinski definition) is 3. The first-order valence-electron chi connectivity index (χ1n) is 6.03. The van der Waals surface area contributed by atoms with E-state index in [0.29, 0.717) is 23.9 Å². The summed E-state index contributed by atoms with van der Waals surface area (Å²) in [5, 5.41) is 3.41. The van der Waals surface area contributed by atoms with Crippen LogP contribution in [0.2, 0.25) is 5.15 Å². The molecule has 2 rings (SSSR count). The molecule has 0 bridgehead atoms. The van der Waals surface area contributed by atoms with E-state index in [2.05, 4.69) is 10.3 Å². The zero-order chi connectivity index (χ0) is 13.2. The molecule has 1 amide bonds. The van der Waals surface area contributed by atoms with Crippen molar-refractivity contribution in [3.63, 3.8) is 0 Å². The minimum atomic E-state index is -0.195. The van der Waals surface area contributed by atoms with E-state index in [-0.39, 0.29) is 11.4 Å². The van der Waals surface area contributed by atoms with Crippen molar-refractivity contribution in [3.8, 4) is 0 Å². The molecule has 1 aromatic rings. The van der Waals surface area contributed by atoms with Crippen molar-refractivity contribution < 1.29 is 9.53 Å². The maximum absolute atomic E-state index is 12.2. The Hall–Kier alpha value is -1.13. The highest BCUT2D eigenvalue weighted by Gasteiger charge is 2.29. The fourth-order valence-corrected chi connectivity index (χ4v) is 2.30. The second-order valence-corrected chi connectivity index (χ2v) is 5.33. The van der Waals surface area contributed by atoms with Crippen LogP contribution in [0.15, 0.2) is 12.1 Å². The molecule has 1 aliphatic rings. The van der Waals surface area contributed by atoms with Gasteiger partial charge in [0, 0.05) is 30.0 Å². The third-order valence-electron chi connectivity index (χ3n) is 3.20. The van der Waals surface area contributed by atoms with Crippen LogP contribution in [-0.2, 0) is 4.74 Å². The highest BCUT2D eigenvalue weighted by molar-refractivity contribution is 6.29. The predicted octanol–water partition coefficient (Wildman–Crippen LogP) is 2.34. The van der Waals surface area contributed by atoms with Gasteiger partial charge in [-0.05, 0) is 38.8 Å². The number of carbonyl (C=O) groups is 1. The normalized spacial score (nSPS) is 18.4. The fourth-order valence-electron chi connectivity index (χ4n) is 2.05. The average molecular weight is 269 g/mol. The van der Waals surface area contributed by atoms with E-state index in [1.54, 1.807) is 12.1 Å². The Bertz CT molecular complexity index is 436. The number of hydrogen-bond donors (Lipinski definition) is 1. The third kappa shape index (κ3) is 3.21. The average Bonchev–Trinajstić information content (AvgIpc) is 2.28. The molecule has 2 heterocycles. The molecular weight excluding hydrogens is 252 g/mol. The first-order valence-corrected chi connectivity index (χ1v) is 6.41.